The van der Waals surface area contributed by atoms with Gasteiger partial charge in [-0.3, -0.25) is 9.79 Å². The Morgan fingerprint density at radius 1 is 1.53 bits per heavy atom. The number of hydrogen-bond acceptors (Lipinski definition) is 5. The number of carbonyl (C=O) groups is 1. The number of nitriles is 2. The fourth-order valence-corrected chi connectivity index (χ4v) is 1.83. The Morgan fingerprint density at radius 2 is 2.18 bits per heavy atom. The molecule has 1 atom stereocenters. The molecule has 0 aromatic carbocycles. The molecular weight excluding hydrogens is 218 g/mol. The van der Waals surface area contributed by atoms with Gasteiger partial charge in [0, 0.05) is 6.21 Å². The maximum Gasteiger partial charge on any atom is 0.328 e. The zero-order valence-corrected chi connectivity index (χ0v) is 9.85. The third-order valence-corrected chi connectivity index (χ3v) is 2.79. The van der Waals surface area contributed by atoms with Gasteiger partial charge in [0.15, 0.2) is 5.92 Å². The zero-order valence-electron chi connectivity index (χ0n) is 9.85. The summed E-state index contributed by atoms with van der Waals surface area (Å²) >= 11 is 0. The Hall–Kier alpha value is -1.88. The fraction of sp³-hybridized carbons (Fsp3) is 0.667. The molecule has 0 unspecified atom stereocenters. The van der Waals surface area contributed by atoms with Crippen LogP contribution in [0.4, 0.5) is 0 Å². The van der Waals surface area contributed by atoms with Gasteiger partial charge in [0.2, 0.25) is 0 Å². The molecule has 0 aliphatic heterocycles. The summed E-state index contributed by atoms with van der Waals surface area (Å²) in [5.74, 6) is -1.62. The third-order valence-electron chi connectivity index (χ3n) is 2.79. The molecule has 0 saturated heterocycles. The van der Waals surface area contributed by atoms with Crippen molar-refractivity contribution in [2.75, 3.05) is 6.61 Å². The summed E-state index contributed by atoms with van der Waals surface area (Å²) in [6.07, 6.45) is 4.57. The molecule has 0 N–H and O–H groups in total. The van der Waals surface area contributed by atoms with E-state index in [1.165, 1.54) is 6.21 Å². The Bertz CT molecular complexity index is 384. The first kappa shape index (κ1) is 13.2. The van der Waals surface area contributed by atoms with Crippen molar-refractivity contribution in [2.24, 2.45) is 10.9 Å². The number of carbonyl (C=O) groups excluding carboxylic acids is 1. The largest absolute Gasteiger partial charge is 0.465 e. The van der Waals surface area contributed by atoms with Crippen LogP contribution in [0.2, 0.25) is 0 Å². The SMILES string of the molecule is CCOC(=O)[C@@H](C#N)C=NC1(C#N)CCCC1. The summed E-state index contributed by atoms with van der Waals surface area (Å²) < 4.78 is 4.74. The van der Waals surface area contributed by atoms with Gasteiger partial charge in [-0.1, -0.05) is 0 Å². The normalized spacial score (nSPS) is 19.5. The standard InChI is InChI=1S/C12H15N3O2/c1-2-17-11(16)10(7-13)8-15-12(9-14)5-3-4-6-12/h8,10H,2-6H2,1H3/t10-/m0/s1. The molecule has 0 spiro atoms. The highest BCUT2D eigenvalue weighted by Gasteiger charge is 2.33. The van der Waals surface area contributed by atoms with E-state index in [1.807, 2.05) is 6.07 Å². The number of aliphatic imine (C=N–C) groups is 1. The van der Waals surface area contributed by atoms with Gasteiger partial charge in [0.1, 0.15) is 5.54 Å². The lowest BCUT2D eigenvalue weighted by Gasteiger charge is -2.14. The minimum absolute atomic E-state index is 0.230. The van der Waals surface area contributed by atoms with Crippen molar-refractivity contribution >= 4 is 12.2 Å². The first-order valence-corrected chi connectivity index (χ1v) is 5.70. The van der Waals surface area contributed by atoms with Crippen molar-refractivity contribution in [3.63, 3.8) is 0 Å². The van der Waals surface area contributed by atoms with Crippen LogP contribution in [-0.4, -0.2) is 24.3 Å². The van der Waals surface area contributed by atoms with E-state index in [1.54, 1.807) is 6.92 Å². The van der Waals surface area contributed by atoms with Crippen LogP contribution >= 0.6 is 0 Å². The molecule has 17 heavy (non-hydrogen) atoms. The van der Waals surface area contributed by atoms with Crippen LogP contribution in [-0.2, 0) is 9.53 Å². The lowest BCUT2D eigenvalue weighted by atomic mass is 10.0. The number of rotatable bonds is 4. The number of ether oxygens (including phenoxy) is 1. The average Bonchev–Trinajstić information content (AvgIpc) is 2.80. The molecule has 0 aromatic rings. The summed E-state index contributed by atoms with van der Waals surface area (Å²) in [7, 11) is 0. The molecule has 5 heteroatoms. The lowest BCUT2D eigenvalue weighted by molar-refractivity contribution is -0.143. The smallest absolute Gasteiger partial charge is 0.328 e. The molecule has 5 nitrogen and oxygen atoms in total. The second-order valence-electron chi connectivity index (χ2n) is 3.99. The lowest BCUT2D eigenvalue weighted by Crippen LogP contribution is -2.23. The van der Waals surface area contributed by atoms with E-state index in [2.05, 4.69) is 11.1 Å². The topological polar surface area (TPSA) is 86.2 Å². The second kappa shape index (κ2) is 6.00. The van der Waals surface area contributed by atoms with Gasteiger partial charge >= 0.3 is 5.97 Å². The van der Waals surface area contributed by atoms with Crippen LogP contribution < -0.4 is 0 Å². The third kappa shape index (κ3) is 3.29. The van der Waals surface area contributed by atoms with Crippen molar-refractivity contribution in [1.82, 2.24) is 0 Å². The summed E-state index contributed by atoms with van der Waals surface area (Å²) in [5, 5.41) is 17.9. The van der Waals surface area contributed by atoms with Crippen LogP contribution in [0.25, 0.3) is 0 Å². The highest BCUT2D eigenvalue weighted by molar-refractivity contribution is 5.93. The highest BCUT2D eigenvalue weighted by Crippen LogP contribution is 2.32. The molecule has 0 heterocycles. The van der Waals surface area contributed by atoms with Crippen molar-refractivity contribution in [3.8, 4) is 12.1 Å². The van der Waals surface area contributed by atoms with Crippen LogP contribution in [0.5, 0.6) is 0 Å². The van der Waals surface area contributed by atoms with Crippen LogP contribution in [0.15, 0.2) is 4.99 Å². The van der Waals surface area contributed by atoms with Crippen molar-refractivity contribution in [2.45, 2.75) is 38.1 Å². The van der Waals surface area contributed by atoms with E-state index in [0.717, 1.165) is 12.8 Å². The van der Waals surface area contributed by atoms with E-state index in [4.69, 9.17) is 15.3 Å². The molecule has 1 rings (SSSR count). The van der Waals surface area contributed by atoms with Gasteiger partial charge in [0.25, 0.3) is 0 Å². The predicted octanol–water partition coefficient (Wildman–Crippen LogP) is 1.60. The number of hydrogen-bond donors (Lipinski definition) is 0. The number of esters is 1. The molecule has 1 aliphatic rings. The van der Waals surface area contributed by atoms with Crippen LogP contribution in [0.3, 0.4) is 0 Å². The van der Waals surface area contributed by atoms with Gasteiger partial charge in [0.05, 0.1) is 18.7 Å². The van der Waals surface area contributed by atoms with E-state index < -0.39 is 17.4 Å². The van der Waals surface area contributed by atoms with Gasteiger partial charge < -0.3 is 4.74 Å². The van der Waals surface area contributed by atoms with E-state index >= 15 is 0 Å². The molecule has 1 fully saturated rings. The molecule has 0 amide bonds. The van der Waals surface area contributed by atoms with E-state index in [-0.39, 0.29) is 6.61 Å². The van der Waals surface area contributed by atoms with Crippen molar-refractivity contribution in [3.05, 3.63) is 0 Å². The van der Waals surface area contributed by atoms with Gasteiger partial charge in [-0.2, -0.15) is 10.5 Å². The molecule has 0 bridgehead atoms. The molecule has 90 valence electrons. The molecule has 1 saturated carbocycles. The monoisotopic (exact) mass is 233 g/mol. The summed E-state index contributed by atoms with van der Waals surface area (Å²) in [4.78, 5) is 15.5. The Labute approximate surface area is 101 Å². The van der Waals surface area contributed by atoms with Crippen LogP contribution in [0, 0.1) is 28.6 Å². The minimum Gasteiger partial charge on any atom is -0.465 e. The van der Waals surface area contributed by atoms with Gasteiger partial charge in [-0.05, 0) is 32.6 Å². The second-order valence-corrected chi connectivity index (χ2v) is 3.99. The Kier molecular flexibility index (Phi) is 4.66. The number of nitrogens with zero attached hydrogens (tertiary/aromatic N) is 3. The van der Waals surface area contributed by atoms with E-state index in [9.17, 15) is 4.79 Å². The highest BCUT2D eigenvalue weighted by atomic mass is 16.5. The average molecular weight is 233 g/mol. The fourth-order valence-electron chi connectivity index (χ4n) is 1.83. The summed E-state index contributed by atoms with van der Waals surface area (Å²) in [6.45, 7) is 1.91. The first-order valence-electron chi connectivity index (χ1n) is 5.70. The molecule has 1 aliphatic carbocycles. The first-order chi connectivity index (χ1) is 8.17. The summed E-state index contributed by atoms with van der Waals surface area (Å²) in [5.41, 5.74) is -0.735. The quantitative estimate of drug-likeness (QED) is 0.545. The summed E-state index contributed by atoms with van der Waals surface area (Å²) in [6, 6.07) is 3.99. The maximum absolute atomic E-state index is 11.4. The van der Waals surface area contributed by atoms with Gasteiger partial charge in [-0.15, -0.1) is 0 Å². The van der Waals surface area contributed by atoms with Crippen molar-refractivity contribution in [1.29, 1.82) is 10.5 Å². The van der Waals surface area contributed by atoms with Crippen molar-refractivity contribution < 1.29 is 9.53 Å². The van der Waals surface area contributed by atoms with Gasteiger partial charge in [-0.25, -0.2) is 0 Å². The zero-order chi connectivity index (χ0) is 12.7. The maximum atomic E-state index is 11.4. The molecule has 0 radical (unpaired) electrons. The Morgan fingerprint density at radius 3 is 2.65 bits per heavy atom. The molecular formula is C12H15N3O2. The Balaban J connectivity index is 2.71. The minimum atomic E-state index is -1.01. The predicted molar refractivity (Wildman–Crippen MR) is 61.0 cm³/mol. The van der Waals surface area contributed by atoms with E-state index in [0.29, 0.717) is 12.8 Å². The molecule has 0 aromatic heterocycles. The van der Waals surface area contributed by atoms with Crippen LogP contribution in [0.1, 0.15) is 32.6 Å².